The van der Waals surface area contributed by atoms with Crippen molar-refractivity contribution in [3.05, 3.63) is 35.4 Å². The van der Waals surface area contributed by atoms with Crippen LogP contribution in [0.25, 0.3) is 0 Å². The van der Waals surface area contributed by atoms with Crippen molar-refractivity contribution < 1.29 is 9.53 Å². The molecule has 2 rings (SSSR count). The summed E-state index contributed by atoms with van der Waals surface area (Å²) in [5, 5.41) is 0. The molecular formula is C15H21NO2. The topological polar surface area (TPSA) is 52.3 Å². The Morgan fingerprint density at radius 3 is 2.50 bits per heavy atom. The van der Waals surface area contributed by atoms with Crippen molar-refractivity contribution in [1.82, 2.24) is 0 Å². The van der Waals surface area contributed by atoms with Crippen LogP contribution in [0.4, 0.5) is 0 Å². The summed E-state index contributed by atoms with van der Waals surface area (Å²) in [7, 11) is 0. The van der Waals surface area contributed by atoms with Crippen molar-refractivity contribution in [2.45, 2.75) is 51.2 Å². The summed E-state index contributed by atoms with van der Waals surface area (Å²) in [4.78, 5) is 12.0. The second-order valence-corrected chi connectivity index (χ2v) is 6.09. The van der Waals surface area contributed by atoms with Crippen molar-refractivity contribution >= 4 is 5.97 Å². The van der Waals surface area contributed by atoms with Crippen LogP contribution in [0, 0.1) is 0 Å². The Hall–Kier alpha value is -1.35. The molecule has 0 spiro atoms. The smallest absolute Gasteiger partial charge is 0.338 e. The molecule has 1 saturated carbocycles. The highest BCUT2D eigenvalue weighted by Crippen LogP contribution is 2.38. The molecule has 1 aromatic carbocycles. The summed E-state index contributed by atoms with van der Waals surface area (Å²) in [5.41, 5.74) is 7.18. The molecule has 1 aromatic rings. The first-order chi connectivity index (χ1) is 8.30. The highest BCUT2D eigenvalue weighted by Gasteiger charge is 2.34. The summed E-state index contributed by atoms with van der Waals surface area (Å²) in [6.45, 7) is 5.60. The lowest BCUT2D eigenvalue weighted by Crippen LogP contribution is -2.43. The van der Waals surface area contributed by atoms with Crippen LogP contribution in [0.15, 0.2) is 24.3 Å². The van der Waals surface area contributed by atoms with Crippen molar-refractivity contribution in [3.63, 3.8) is 0 Å². The summed E-state index contributed by atoms with van der Waals surface area (Å²) in [6.07, 6.45) is 3.14. The van der Waals surface area contributed by atoms with E-state index in [2.05, 4.69) is 0 Å². The number of nitrogens with two attached hydrogens (primary N) is 1. The lowest BCUT2D eigenvalue weighted by molar-refractivity contribution is 0.00693. The third-order valence-electron chi connectivity index (χ3n) is 3.32. The minimum Gasteiger partial charge on any atom is -0.456 e. The van der Waals surface area contributed by atoms with E-state index in [4.69, 9.17) is 10.5 Å². The number of carbonyl (C=O) groups excluding carboxylic acids is 1. The van der Waals surface area contributed by atoms with Crippen LogP contribution in [-0.4, -0.2) is 11.6 Å². The predicted molar refractivity (Wildman–Crippen MR) is 71.3 cm³/mol. The zero-order valence-electron chi connectivity index (χ0n) is 11.3. The molecule has 0 aromatic heterocycles. The number of benzene rings is 1. The van der Waals surface area contributed by atoms with Gasteiger partial charge >= 0.3 is 5.97 Å². The summed E-state index contributed by atoms with van der Waals surface area (Å²) in [5.74, 6) is -0.285. The molecule has 1 aliphatic rings. The van der Waals surface area contributed by atoms with E-state index in [-0.39, 0.29) is 11.5 Å². The highest BCUT2D eigenvalue weighted by molar-refractivity contribution is 5.89. The zero-order chi connectivity index (χ0) is 13.4. The number of esters is 1. The maximum Gasteiger partial charge on any atom is 0.338 e. The first-order valence-electron chi connectivity index (χ1n) is 6.43. The number of carbonyl (C=O) groups is 1. The molecule has 1 aliphatic carbocycles. The fraction of sp³-hybridized carbons (Fsp3) is 0.533. The molecule has 1 fully saturated rings. The van der Waals surface area contributed by atoms with Gasteiger partial charge in [-0.15, -0.1) is 0 Å². The van der Waals surface area contributed by atoms with Crippen molar-refractivity contribution in [2.75, 3.05) is 0 Å². The van der Waals surface area contributed by atoms with Gasteiger partial charge in [-0.2, -0.15) is 0 Å². The minimum absolute atomic E-state index is 0.238. The van der Waals surface area contributed by atoms with E-state index >= 15 is 0 Å². The lowest BCUT2D eigenvalue weighted by atomic mass is 9.72. The van der Waals surface area contributed by atoms with Gasteiger partial charge in [-0.05, 0) is 57.7 Å². The van der Waals surface area contributed by atoms with E-state index in [9.17, 15) is 4.79 Å². The van der Waals surface area contributed by atoms with E-state index < -0.39 is 5.60 Å². The molecule has 98 valence electrons. The van der Waals surface area contributed by atoms with Gasteiger partial charge in [0.25, 0.3) is 0 Å². The molecule has 0 unspecified atom stereocenters. The number of hydrogen-bond acceptors (Lipinski definition) is 3. The van der Waals surface area contributed by atoms with E-state index in [0.717, 1.165) is 24.8 Å². The normalized spacial score (nSPS) is 18.0. The van der Waals surface area contributed by atoms with Crippen LogP contribution in [0.2, 0.25) is 0 Å². The Balaban J connectivity index is 2.19. The monoisotopic (exact) mass is 247 g/mol. The van der Waals surface area contributed by atoms with Gasteiger partial charge < -0.3 is 10.5 Å². The van der Waals surface area contributed by atoms with Crippen molar-refractivity contribution in [1.29, 1.82) is 0 Å². The van der Waals surface area contributed by atoms with Crippen molar-refractivity contribution in [3.8, 4) is 0 Å². The molecule has 0 heterocycles. The quantitative estimate of drug-likeness (QED) is 0.817. The number of hydrogen-bond donors (Lipinski definition) is 1. The highest BCUT2D eigenvalue weighted by atomic mass is 16.6. The van der Waals surface area contributed by atoms with Crippen LogP contribution >= 0.6 is 0 Å². The molecule has 3 heteroatoms. The SMILES string of the molecule is CC(C)(C)OC(=O)c1cccc(C2(N)CCC2)c1. The first-order valence-corrected chi connectivity index (χ1v) is 6.43. The molecule has 18 heavy (non-hydrogen) atoms. The molecule has 0 atom stereocenters. The van der Waals surface area contributed by atoms with E-state index in [0.29, 0.717) is 5.56 Å². The Morgan fingerprint density at radius 2 is 2.00 bits per heavy atom. The molecular weight excluding hydrogens is 226 g/mol. The van der Waals surface area contributed by atoms with Gasteiger partial charge in [0.15, 0.2) is 0 Å². The molecule has 0 radical (unpaired) electrons. The van der Waals surface area contributed by atoms with Gasteiger partial charge in [-0.1, -0.05) is 12.1 Å². The summed E-state index contributed by atoms with van der Waals surface area (Å²) < 4.78 is 5.36. The Labute approximate surface area is 108 Å². The van der Waals surface area contributed by atoms with Crippen LogP contribution in [0.1, 0.15) is 56.0 Å². The number of ether oxygens (including phenoxy) is 1. The number of rotatable bonds is 2. The molecule has 2 N–H and O–H groups in total. The van der Waals surface area contributed by atoms with E-state index in [1.807, 2.05) is 39.0 Å². The second-order valence-electron chi connectivity index (χ2n) is 6.09. The lowest BCUT2D eigenvalue weighted by Gasteiger charge is -2.38. The fourth-order valence-corrected chi connectivity index (χ4v) is 2.14. The van der Waals surface area contributed by atoms with Gasteiger partial charge in [0.1, 0.15) is 5.60 Å². The van der Waals surface area contributed by atoms with E-state index in [1.165, 1.54) is 0 Å². The Bertz CT molecular complexity index is 456. The first kappa shape index (κ1) is 13.1. The zero-order valence-corrected chi connectivity index (χ0v) is 11.3. The third-order valence-corrected chi connectivity index (χ3v) is 3.32. The minimum atomic E-state index is -0.468. The van der Waals surface area contributed by atoms with Gasteiger partial charge in [0, 0.05) is 5.54 Å². The molecule has 0 bridgehead atoms. The molecule has 3 nitrogen and oxygen atoms in total. The van der Waals surface area contributed by atoms with Gasteiger partial charge in [0.05, 0.1) is 5.56 Å². The average molecular weight is 247 g/mol. The van der Waals surface area contributed by atoms with E-state index in [1.54, 1.807) is 6.07 Å². The average Bonchev–Trinajstić information content (AvgIpc) is 2.24. The maximum absolute atomic E-state index is 12.0. The summed E-state index contributed by atoms with van der Waals surface area (Å²) in [6, 6.07) is 7.52. The molecule has 0 amide bonds. The van der Waals surface area contributed by atoms with Crippen LogP contribution < -0.4 is 5.73 Å². The molecule has 0 aliphatic heterocycles. The van der Waals surface area contributed by atoms with Crippen LogP contribution in [0.5, 0.6) is 0 Å². The van der Waals surface area contributed by atoms with Crippen LogP contribution in [0.3, 0.4) is 0 Å². The maximum atomic E-state index is 12.0. The largest absolute Gasteiger partial charge is 0.456 e. The van der Waals surface area contributed by atoms with Crippen molar-refractivity contribution in [2.24, 2.45) is 5.73 Å². The standard InChI is InChI=1S/C15H21NO2/c1-14(2,3)18-13(17)11-6-4-7-12(10-11)15(16)8-5-9-15/h4,6-7,10H,5,8-9,16H2,1-3H3. The predicted octanol–water partition coefficient (Wildman–Crippen LogP) is 2.98. The fourth-order valence-electron chi connectivity index (χ4n) is 2.14. The van der Waals surface area contributed by atoms with Gasteiger partial charge in [-0.25, -0.2) is 4.79 Å². The summed E-state index contributed by atoms with van der Waals surface area (Å²) >= 11 is 0. The second kappa shape index (κ2) is 4.39. The Morgan fingerprint density at radius 1 is 1.33 bits per heavy atom. The van der Waals surface area contributed by atoms with Crippen LogP contribution in [-0.2, 0) is 10.3 Å². The van der Waals surface area contributed by atoms with Gasteiger partial charge in [0.2, 0.25) is 0 Å². The van der Waals surface area contributed by atoms with Gasteiger partial charge in [-0.3, -0.25) is 0 Å². The Kier molecular flexibility index (Phi) is 3.20. The molecule has 0 saturated heterocycles. The third kappa shape index (κ3) is 2.72.